The zero-order valence-corrected chi connectivity index (χ0v) is 10.5. The van der Waals surface area contributed by atoms with E-state index in [-0.39, 0.29) is 0 Å². The van der Waals surface area contributed by atoms with Gasteiger partial charge in [0.05, 0.1) is 6.61 Å². The molecule has 6 heteroatoms. The van der Waals surface area contributed by atoms with Gasteiger partial charge in [-0.25, -0.2) is 15.8 Å². The Kier molecular flexibility index (Phi) is 3.95. The number of rotatable bonds is 4. The van der Waals surface area contributed by atoms with Crippen LogP contribution < -0.4 is 16.0 Å². The first-order chi connectivity index (χ1) is 7.81. The van der Waals surface area contributed by atoms with E-state index in [1.54, 1.807) is 0 Å². The molecule has 1 aliphatic rings. The van der Waals surface area contributed by atoms with Crippen LogP contribution in [0.5, 0.6) is 5.88 Å². The largest absolute Gasteiger partial charge is 0.476 e. The van der Waals surface area contributed by atoms with Gasteiger partial charge in [0, 0.05) is 0 Å². The molecule has 3 N–H and O–H groups in total. The zero-order chi connectivity index (χ0) is 11.4. The molecule has 0 saturated heterocycles. The summed E-state index contributed by atoms with van der Waals surface area (Å²) in [6.45, 7) is 0.722. The Labute approximate surface area is 103 Å². The first-order valence-electron chi connectivity index (χ1n) is 5.41. The minimum Gasteiger partial charge on any atom is -0.476 e. The van der Waals surface area contributed by atoms with Crippen LogP contribution in [0.1, 0.15) is 25.7 Å². The number of aromatic nitrogens is 2. The third-order valence-corrected chi connectivity index (χ3v) is 3.54. The molecule has 16 heavy (non-hydrogen) atoms. The van der Waals surface area contributed by atoms with Gasteiger partial charge < -0.3 is 10.2 Å². The molecule has 0 unspecified atom stereocenters. The van der Waals surface area contributed by atoms with Crippen molar-refractivity contribution in [2.75, 3.05) is 12.0 Å². The van der Waals surface area contributed by atoms with Crippen molar-refractivity contribution in [3.8, 4) is 5.88 Å². The summed E-state index contributed by atoms with van der Waals surface area (Å²) in [5.41, 5.74) is 2.49. The van der Waals surface area contributed by atoms with Crippen molar-refractivity contribution in [3.05, 3.63) is 10.8 Å². The lowest BCUT2D eigenvalue weighted by Gasteiger charge is -2.12. The molecule has 0 radical (unpaired) electrons. The minimum atomic E-state index is 0.538. The molecular formula is C10H15BrN4O. The highest BCUT2D eigenvalue weighted by atomic mass is 79.9. The number of nitrogens with one attached hydrogen (secondary N) is 1. The molecule has 1 aromatic heterocycles. The average molecular weight is 287 g/mol. The normalized spacial score (nSPS) is 16.4. The van der Waals surface area contributed by atoms with Crippen LogP contribution in [-0.4, -0.2) is 16.6 Å². The third-order valence-electron chi connectivity index (χ3n) is 2.82. The highest BCUT2D eigenvalue weighted by molar-refractivity contribution is 9.10. The van der Waals surface area contributed by atoms with Crippen molar-refractivity contribution in [1.29, 1.82) is 0 Å². The molecule has 88 valence electrons. The molecule has 1 saturated carbocycles. The first-order valence-corrected chi connectivity index (χ1v) is 6.20. The SMILES string of the molecule is NNc1ncnc(OCC2CCCC2)c1Br. The smallest absolute Gasteiger partial charge is 0.233 e. The highest BCUT2D eigenvalue weighted by Crippen LogP contribution is 2.30. The topological polar surface area (TPSA) is 73.1 Å². The summed E-state index contributed by atoms with van der Waals surface area (Å²) in [4.78, 5) is 8.04. The van der Waals surface area contributed by atoms with Crippen molar-refractivity contribution in [2.45, 2.75) is 25.7 Å². The van der Waals surface area contributed by atoms with Crippen LogP contribution in [0.25, 0.3) is 0 Å². The van der Waals surface area contributed by atoms with Gasteiger partial charge in [0.15, 0.2) is 5.82 Å². The van der Waals surface area contributed by atoms with Gasteiger partial charge in [-0.15, -0.1) is 0 Å². The van der Waals surface area contributed by atoms with Crippen molar-refractivity contribution >= 4 is 21.7 Å². The van der Waals surface area contributed by atoms with Gasteiger partial charge in [0.1, 0.15) is 10.8 Å². The number of ether oxygens (including phenoxy) is 1. The highest BCUT2D eigenvalue weighted by Gasteiger charge is 2.17. The Morgan fingerprint density at radius 3 is 2.88 bits per heavy atom. The van der Waals surface area contributed by atoms with Crippen LogP contribution in [0, 0.1) is 5.92 Å². The molecule has 0 amide bonds. The Morgan fingerprint density at radius 1 is 1.44 bits per heavy atom. The van der Waals surface area contributed by atoms with E-state index >= 15 is 0 Å². The Balaban J connectivity index is 1.97. The monoisotopic (exact) mass is 286 g/mol. The molecule has 1 aromatic rings. The molecule has 1 heterocycles. The second-order valence-electron chi connectivity index (χ2n) is 3.95. The van der Waals surface area contributed by atoms with Crippen molar-refractivity contribution in [1.82, 2.24) is 9.97 Å². The summed E-state index contributed by atoms with van der Waals surface area (Å²) in [6, 6.07) is 0. The minimum absolute atomic E-state index is 0.538. The van der Waals surface area contributed by atoms with Gasteiger partial charge >= 0.3 is 0 Å². The second kappa shape index (κ2) is 5.45. The fourth-order valence-corrected chi connectivity index (χ4v) is 2.36. The van der Waals surface area contributed by atoms with Crippen LogP contribution >= 0.6 is 15.9 Å². The summed E-state index contributed by atoms with van der Waals surface area (Å²) < 4.78 is 6.35. The first kappa shape index (κ1) is 11.6. The standard InChI is InChI=1S/C10H15BrN4O/c11-8-9(15-12)13-6-14-10(8)16-5-7-3-1-2-4-7/h6-7H,1-5,12H2,(H,13,14,15). The molecular weight excluding hydrogens is 272 g/mol. The van der Waals surface area contributed by atoms with Crippen LogP contribution in [0.4, 0.5) is 5.82 Å². The predicted octanol–water partition coefficient (Wildman–Crippen LogP) is 2.09. The number of nitrogens with two attached hydrogens (primary N) is 1. The summed E-state index contributed by atoms with van der Waals surface area (Å²) in [5.74, 6) is 7.06. The quantitative estimate of drug-likeness (QED) is 0.655. The van der Waals surface area contributed by atoms with Crippen LogP contribution in [-0.2, 0) is 0 Å². The van der Waals surface area contributed by atoms with E-state index < -0.39 is 0 Å². The van der Waals surface area contributed by atoms with Crippen molar-refractivity contribution < 1.29 is 4.74 Å². The number of hydrazine groups is 1. The van der Waals surface area contributed by atoms with Gasteiger partial charge in [-0.1, -0.05) is 12.8 Å². The Hall–Kier alpha value is -0.880. The molecule has 1 fully saturated rings. The molecule has 0 bridgehead atoms. The van der Waals surface area contributed by atoms with E-state index in [1.807, 2.05) is 0 Å². The van der Waals surface area contributed by atoms with E-state index in [0.717, 1.165) is 6.61 Å². The number of halogens is 1. The molecule has 5 nitrogen and oxygen atoms in total. The maximum absolute atomic E-state index is 5.67. The van der Waals surface area contributed by atoms with Gasteiger partial charge in [0.2, 0.25) is 5.88 Å². The molecule has 1 aliphatic carbocycles. The van der Waals surface area contributed by atoms with Gasteiger partial charge in [-0.3, -0.25) is 0 Å². The number of hydrogen-bond acceptors (Lipinski definition) is 5. The van der Waals surface area contributed by atoms with Crippen molar-refractivity contribution in [3.63, 3.8) is 0 Å². The fourth-order valence-electron chi connectivity index (χ4n) is 1.93. The van der Waals surface area contributed by atoms with Crippen LogP contribution in [0.2, 0.25) is 0 Å². The maximum atomic E-state index is 5.67. The molecule has 0 aromatic carbocycles. The maximum Gasteiger partial charge on any atom is 0.233 e. The summed E-state index contributed by atoms with van der Waals surface area (Å²) in [5, 5.41) is 0. The predicted molar refractivity (Wildman–Crippen MR) is 65.0 cm³/mol. The van der Waals surface area contributed by atoms with E-state index in [4.69, 9.17) is 10.6 Å². The van der Waals surface area contributed by atoms with E-state index in [2.05, 4.69) is 31.3 Å². The second-order valence-corrected chi connectivity index (χ2v) is 4.74. The van der Waals surface area contributed by atoms with Crippen molar-refractivity contribution in [2.24, 2.45) is 11.8 Å². The van der Waals surface area contributed by atoms with Gasteiger partial charge in [-0.05, 0) is 34.7 Å². The Morgan fingerprint density at radius 2 is 2.19 bits per heavy atom. The van der Waals surface area contributed by atoms with Crippen LogP contribution in [0.15, 0.2) is 10.8 Å². The number of nitrogen functional groups attached to an aromatic ring is 1. The number of nitrogens with zero attached hydrogens (tertiary/aromatic N) is 2. The zero-order valence-electron chi connectivity index (χ0n) is 8.95. The van der Waals surface area contributed by atoms with E-state index in [1.165, 1.54) is 32.0 Å². The van der Waals surface area contributed by atoms with E-state index in [9.17, 15) is 0 Å². The lowest BCUT2D eigenvalue weighted by atomic mass is 10.1. The number of anilines is 1. The Bertz CT molecular complexity index is 355. The summed E-state index contributed by atoms with van der Waals surface area (Å²) >= 11 is 3.36. The molecule has 0 spiro atoms. The average Bonchev–Trinajstić information content (AvgIpc) is 2.81. The molecule has 0 atom stereocenters. The van der Waals surface area contributed by atoms with E-state index in [0.29, 0.717) is 22.1 Å². The third kappa shape index (κ3) is 2.62. The lowest BCUT2D eigenvalue weighted by molar-refractivity contribution is 0.242. The van der Waals surface area contributed by atoms with Gasteiger partial charge in [0.25, 0.3) is 0 Å². The summed E-state index contributed by atoms with van der Waals surface area (Å²) in [6.07, 6.45) is 6.57. The van der Waals surface area contributed by atoms with Crippen LogP contribution in [0.3, 0.4) is 0 Å². The molecule has 0 aliphatic heterocycles. The lowest BCUT2D eigenvalue weighted by Crippen LogP contribution is -2.12. The molecule has 2 rings (SSSR count). The number of hydrogen-bond donors (Lipinski definition) is 2. The fraction of sp³-hybridized carbons (Fsp3) is 0.600. The summed E-state index contributed by atoms with van der Waals surface area (Å²) in [7, 11) is 0. The van der Waals surface area contributed by atoms with Gasteiger partial charge in [-0.2, -0.15) is 0 Å².